The molecule has 1 heterocycles. The van der Waals surface area contributed by atoms with Crippen molar-refractivity contribution < 1.29 is 24.5 Å². The van der Waals surface area contributed by atoms with Crippen LogP contribution in [0.3, 0.4) is 0 Å². The minimum atomic E-state index is -0.907. The summed E-state index contributed by atoms with van der Waals surface area (Å²) in [6, 6.07) is 6.23. The molecule has 0 aromatic heterocycles. The lowest BCUT2D eigenvalue weighted by atomic mass is 9.84. The van der Waals surface area contributed by atoms with Crippen molar-refractivity contribution in [3.05, 3.63) is 53.4 Å². The van der Waals surface area contributed by atoms with Crippen LogP contribution < -0.4 is 15.8 Å². The lowest BCUT2D eigenvalue weighted by Gasteiger charge is -2.30. The molecule has 5 N–H and O–H groups in total. The summed E-state index contributed by atoms with van der Waals surface area (Å²) in [5.41, 5.74) is 5.91. The summed E-state index contributed by atoms with van der Waals surface area (Å²) < 4.78 is 5.84. The minimum absolute atomic E-state index is 0.0261. The van der Waals surface area contributed by atoms with Gasteiger partial charge in [-0.15, -0.1) is 0 Å². The summed E-state index contributed by atoms with van der Waals surface area (Å²) in [5.74, 6) is 0.345. The van der Waals surface area contributed by atoms with Crippen molar-refractivity contribution in [3.63, 3.8) is 0 Å². The van der Waals surface area contributed by atoms with Gasteiger partial charge in [0, 0.05) is 18.8 Å². The number of amidine groups is 1. The molecular formula is C25H33ClN4O5. The largest absolute Gasteiger partial charge is 0.458 e. The maximum atomic E-state index is 13.2. The van der Waals surface area contributed by atoms with E-state index in [-0.39, 0.29) is 31.4 Å². The molecule has 1 saturated carbocycles. The summed E-state index contributed by atoms with van der Waals surface area (Å²) in [6.07, 6.45) is 9.26. The molecule has 2 atom stereocenters. The fourth-order valence-corrected chi connectivity index (χ4v) is 4.43. The number of carbonyl (C=O) groups excluding carboxylic acids is 2. The van der Waals surface area contributed by atoms with Crippen molar-refractivity contribution in [1.29, 1.82) is 0 Å². The van der Waals surface area contributed by atoms with Crippen LogP contribution in [0.1, 0.15) is 38.5 Å². The second-order valence-corrected chi connectivity index (χ2v) is 9.22. The molecule has 1 aromatic carbocycles. The molecule has 0 saturated heterocycles. The number of hydrogen-bond acceptors (Lipinski definition) is 6. The molecule has 10 heteroatoms. The highest BCUT2D eigenvalue weighted by molar-refractivity contribution is 6.32. The molecule has 35 heavy (non-hydrogen) atoms. The Morgan fingerprint density at radius 1 is 1.31 bits per heavy atom. The van der Waals surface area contributed by atoms with Crippen LogP contribution in [-0.2, 0) is 9.59 Å². The van der Waals surface area contributed by atoms with Crippen LogP contribution in [0.15, 0.2) is 53.4 Å². The molecule has 1 aliphatic carbocycles. The van der Waals surface area contributed by atoms with Crippen molar-refractivity contribution in [2.75, 3.05) is 19.7 Å². The van der Waals surface area contributed by atoms with Crippen LogP contribution in [0.4, 0.5) is 0 Å². The van der Waals surface area contributed by atoms with Gasteiger partial charge in [0.1, 0.15) is 23.4 Å². The Morgan fingerprint density at radius 3 is 2.77 bits per heavy atom. The standard InChI is InChI=1S/C25H33ClN4O5/c26-20-8-4-5-9-22(20)35-19-13-24(33)30(15-19)21(12-17-6-2-1-3-7-17)25(34)29-23(27)10-11-28-14-18(32)16-31/h4-5,8-11,13,17-18,21,28,31-32H,1-3,6-7,12,14-16H2,(H2,27,29,34)/b11-10-/t18-,21+/m1/s1. The Bertz CT molecular complexity index is 974. The first-order chi connectivity index (χ1) is 16.9. The zero-order valence-electron chi connectivity index (χ0n) is 19.6. The van der Waals surface area contributed by atoms with Gasteiger partial charge < -0.3 is 30.9 Å². The Kier molecular flexibility index (Phi) is 10.1. The van der Waals surface area contributed by atoms with Crippen LogP contribution in [0, 0.1) is 5.92 Å². The average Bonchev–Trinajstić information content (AvgIpc) is 3.21. The second kappa shape index (κ2) is 13.3. The molecule has 0 radical (unpaired) electrons. The zero-order valence-corrected chi connectivity index (χ0v) is 20.4. The summed E-state index contributed by atoms with van der Waals surface area (Å²) in [4.78, 5) is 31.6. The van der Waals surface area contributed by atoms with Crippen molar-refractivity contribution in [2.24, 2.45) is 16.6 Å². The van der Waals surface area contributed by atoms with Crippen molar-refractivity contribution in [1.82, 2.24) is 10.2 Å². The summed E-state index contributed by atoms with van der Waals surface area (Å²) in [7, 11) is 0. The average molecular weight is 505 g/mol. The number of aliphatic hydroxyl groups excluding tert-OH is 2. The Morgan fingerprint density at radius 2 is 2.06 bits per heavy atom. The van der Waals surface area contributed by atoms with Crippen LogP contribution in [0.5, 0.6) is 5.75 Å². The number of aliphatic imine (C=N–C) groups is 1. The number of para-hydroxylation sites is 1. The third-order valence-corrected chi connectivity index (χ3v) is 6.40. The van der Waals surface area contributed by atoms with Crippen molar-refractivity contribution >= 4 is 29.3 Å². The number of nitrogens with two attached hydrogens (primary N) is 1. The Balaban J connectivity index is 1.70. The first kappa shape index (κ1) is 26.7. The topological polar surface area (TPSA) is 137 Å². The van der Waals surface area contributed by atoms with E-state index in [4.69, 9.17) is 27.2 Å². The minimum Gasteiger partial charge on any atom is -0.458 e. The van der Waals surface area contributed by atoms with Gasteiger partial charge in [-0.05, 0) is 30.5 Å². The van der Waals surface area contributed by atoms with Crippen LogP contribution in [0.2, 0.25) is 5.02 Å². The number of amides is 2. The number of benzene rings is 1. The van der Waals surface area contributed by atoms with Crippen LogP contribution in [0.25, 0.3) is 0 Å². The first-order valence-electron chi connectivity index (χ1n) is 11.9. The molecule has 1 aromatic rings. The molecule has 1 aliphatic heterocycles. The van der Waals surface area contributed by atoms with Gasteiger partial charge in [-0.3, -0.25) is 9.59 Å². The summed E-state index contributed by atoms with van der Waals surface area (Å²) >= 11 is 6.18. The number of rotatable bonds is 11. The van der Waals surface area contributed by atoms with Gasteiger partial charge in [0.2, 0.25) is 0 Å². The van der Waals surface area contributed by atoms with Gasteiger partial charge in [-0.2, -0.15) is 4.99 Å². The first-order valence-corrected chi connectivity index (χ1v) is 12.3. The molecule has 2 amide bonds. The molecule has 0 bridgehead atoms. The third-order valence-electron chi connectivity index (χ3n) is 6.09. The SMILES string of the molecule is NC(/C=C\NC[C@@H](O)CO)=NC(=O)[C@H](CC1CCCCC1)N1CC(Oc2ccccc2Cl)=CC1=O. The molecule has 0 unspecified atom stereocenters. The third kappa shape index (κ3) is 8.09. The normalized spacial score (nSPS) is 19.1. The van der Waals surface area contributed by atoms with E-state index in [0.29, 0.717) is 28.9 Å². The van der Waals surface area contributed by atoms with Crippen LogP contribution >= 0.6 is 11.6 Å². The fourth-order valence-electron chi connectivity index (χ4n) is 4.26. The van der Waals surface area contributed by atoms with Gasteiger partial charge in [0.15, 0.2) is 0 Å². The van der Waals surface area contributed by atoms with Gasteiger partial charge in [-0.25, -0.2) is 0 Å². The molecule has 9 nitrogen and oxygen atoms in total. The van der Waals surface area contributed by atoms with E-state index in [0.717, 1.165) is 25.7 Å². The molecular weight excluding hydrogens is 472 g/mol. The number of aliphatic hydroxyl groups is 2. The number of hydrogen-bond donors (Lipinski definition) is 4. The van der Waals surface area contributed by atoms with Crippen LogP contribution in [-0.4, -0.2) is 64.6 Å². The van der Waals surface area contributed by atoms with Gasteiger partial charge in [-0.1, -0.05) is 55.8 Å². The number of nitrogens with one attached hydrogen (secondary N) is 1. The highest BCUT2D eigenvalue weighted by atomic mass is 35.5. The smallest absolute Gasteiger partial charge is 0.270 e. The monoisotopic (exact) mass is 504 g/mol. The molecule has 190 valence electrons. The molecule has 2 aliphatic rings. The zero-order chi connectivity index (χ0) is 25.2. The van der Waals surface area contributed by atoms with E-state index in [2.05, 4.69) is 10.3 Å². The Hall–Kier alpha value is -2.88. The number of carbonyl (C=O) groups is 2. The molecule has 0 spiro atoms. The maximum Gasteiger partial charge on any atom is 0.270 e. The van der Waals surface area contributed by atoms with E-state index in [9.17, 15) is 14.7 Å². The van der Waals surface area contributed by atoms with Gasteiger partial charge in [0.25, 0.3) is 11.8 Å². The van der Waals surface area contributed by atoms with Gasteiger partial charge >= 0.3 is 0 Å². The fraction of sp³-hybridized carbons (Fsp3) is 0.480. The number of halogens is 1. The highest BCUT2D eigenvalue weighted by Gasteiger charge is 2.36. The number of nitrogens with zero attached hydrogens (tertiary/aromatic N) is 2. The molecule has 3 rings (SSSR count). The van der Waals surface area contributed by atoms with Gasteiger partial charge in [0.05, 0.1) is 24.3 Å². The van der Waals surface area contributed by atoms with E-state index >= 15 is 0 Å². The lowest BCUT2D eigenvalue weighted by Crippen LogP contribution is -2.44. The molecule has 1 fully saturated rings. The van der Waals surface area contributed by atoms with Crippen molar-refractivity contribution in [2.45, 2.75) is 50.7 Å². The van der Waals surface area contributed by atoms with E-state index in [1.54, 1.807) is 24.3 Å². The van der Waals surface area contributed by atoms with E-state index in [1.807, 2.05) is 0 Å². The maximum absolute atomic E-state index is 13.2. The predicted molar refractivity (Wildman–Crippen MR) is 134 cm³/mol. The summed E-state index contributed by atoms with van der Waals surface area (Å²) in [5, 5.41) is 21.4. The Labute approximate surface area is 210 Å². The number of ether oxygens (including phenoxy) is 1. The van der Waals surface area contributed by atoms with E-state index < -0.39 is 18.1 Å². The quantitative estimate of drug-likeness (QED) is 0.267. The summed E-state index contributed by atoms with van der Waals surface area (Å²) in [6.45, 7) is -0.106. The second-order valence-electron chi connectivity index (χ2n) is 8.82. The lowest BCUT2D eigenvalue weighted by molar-refractivity contribution is -0.134. The van der Waals surface area contributed by atoms with Crippen molar-refractivity contribution in [3.8, 4) is 5.75 Å². The van der Waals surface area contributed by atoms with E-state index in [1.165, 1.54) is 29.7 Å². The highest BCUT2D eigenvalue weighted by Crippen LogP contribution is 2.31. The predicted octanol–water partition coefficient (Wildman–Crippen LogP) is 2.12.